The normalized spacial score (nSPS) is 17.8. The van der Waals surface area contributed by atoms with E-state index in [2.05, 4.69) is 0 Å². The van der Waals surface area contributed by atoms with Gasteiger partial charge in [-0.15, -0.1) is 0 Å². The van der Waals surface area contributed by atoms with Gasteiger partial charge in [-0.1, -0.05) is 0 Å². The summed E-state index contributed by atoms with van der Waals surface area (Å²) < 4.78 is 128. The zero-order valence-corrected chi connectivity index (χ0v) is 11.8. The molecule has 0 radical (unpaired) electrons. The number of halogens is 13. The van der Waals surface area contributed by atoms with Crippen LogP contribution in [0.15, 0.2) is 0 Å². The van der Waals surface area contributed by atoms with Crippen LogP contribution < -0.4 is 0 Å². The first-order chi connectivity index (χ1) is 6.42. The first kappa shape index (κ1) is 22.5. The fourth-order valence-corrected chi connectivity index (χ4v) is 0. The van der Waals surface area contributed by atoms with E-state index < -0.39 is 45.0 Å². The van der Waals surface area contributed by atoms with Crippen LogP contribution in [-0.2, 0) is 0 Å². The molecule has 0 unspecified atom stereocenters. The molecule has 2 nitrogen and oxygen atoms in total. The fourth-order valence-electron chi connectivity index (χ4n) is 0. The standard InChI is InChI=1S/F2NO.11FH.2Sb/c1-3(2)4;;;;;;;;;;;;;/h;11*1H;;/q+1;;;;;;;;;;;;2*+5/p-11. The average molecular weight is 520 g/mol. The van der Waals surface area contributed by atoms with Gasteiger partial charge in [0, 0.05) is 0 Å². The fraction of sp³-hybridized carbons (Fsp3) is 0. The van der Waals surface area contributed by atoms with Crippen LogP contribution >= 0.6 is 0 Å². The van der Waals surface area contributed by atoms with E-state index in [0.29, 0.717) is 0 Å². The average Bonchev–Trinajstić information content (AvgIpc) is 1.36. The third kappa shape index (κ3) is 31500. The molecule has 0 amide bonds. The van der Waals surface area contributed by atoms with Gasteiger partial charge in [-0.05, 0) is 0 Å². The molecule has 0 atom stereocenters. The quantitative estimate of drug-likeness (QED) is 0.264. The summed E-state index contributed by atoms with van der Waals surface area (Å²) in [4.78, 5) is 8.03. The van der Waals surface area contributed by atoms with E-state index in [0.717, 1.165) is 0 Å². The molecule has 0 spiro atoms. The van der Waals surface area contributed by atoms with E-state index in [9.17, 15) is 39.9 Å². The van der Waals surface area contributed by atoms with Gasteiger partial charge in [-0.3, -0.25) is 0 Å². The molecule has 0 fully saturated rings. The number of rotatable bonds is 0. The first-order valence-electron chi connectivity index (χ1n) is 2.38. The Morgan fingerprint density at radius 2 is 0.706 bits per heavy atom. The Balaban J connectivity index is -0.000000180. The molecule has 17 heteroatoms. The molecule has 0 saturated heterocycles. The minimum absolute atomic E-state index is 2.25. The maximum absolute atomic E-state index is 11.2. The van der Waals surface area contributed by atoms with Crippen molar-refractivity contribution in [3.05, 3.63) is 4.91 Å². The summed E-state index contributed by atoms with van der Waals surface area (Å²) in [5, 5.41) is -2.25. The summed E-state index contributed by atoms with van der Waals surface area (Å²) in [6.45, 7) is 0. The van der Waals surface area contributed by atoms with Crippen LogP contribution in [0.5, 0.6) is 0 Å². The monoisotopic (exact) mass is 519 g/mol. The van der Waals surface area contributed by atoms with Crippen molar-refractivity contribution in [2.75, 3.05) is 0 Å². The van der Waals surface area contributed by atoms with Gasteiger partial charge < -0.3 is 0 Å². The van der Waals surface area contributed by atoms with Crippen molar-refractivity contribution >= 4 is 39.8 Å². The molecule has 0 heterocycles. The van der Waals surface area contributed by atoms with Gasteiger partial charge in [0.1, 0.15) is 4.91 Å². The molecule has 0 aromatic rings. The van der Waals surface area contributed by atoms with Gasteiger partial charge in [0.2, 0.25) is 0 Å². The Kier molecular flexibility index (Phi) is 6.33. The third-order valence-electron chi connectivity index (χ3n) is 0. The third-order valence-corrected chi connectivity index (χ3v) is 0. The van der Waals surface area contributed by atoms with Crippen LogP contribution in [0, 0.1) is 4.91 Å². The molecule has 17 heavy (non-hydrogen) atoms. The predicted molar refractivity (Wildman–Crippen MR) is 29.5 cm³/mol. The topological polar surface area (TPSA) is 20.1 Å². The zero-order valence-electron chi connectivity index (χ0n) is 6.66. The number of nitrogens with zero attached hydrogens (tertiary/aromatic N) is 1. The van der Waals surface area contributed by atoms with Crippen LogP contribution in [0.2, 0.25) is 0 Å². The van der Waals surface area contributed by atoms with Crippen molar-refractivity contribution in [3.63, 3.8) is 0 Å². The summed E-state index contributed by atoms with van der Waals surface area (Å²) in [6.07, 6.45) is 0. The second-order valence-electron chi connectivity index (χ2n) is 1.80. The molecular formula is F13NOSb2. The van der Waals surface area contributed by atoms with E-state index in [1.807, 2.05) is 0 Å². The van der Waals surface area contributed by atoms with Crippen LogP contribution in [0.1, 0.15) is 0 Å². The van der Waals surface area contributed by atoms with Crippen molar-refractivity contribution in [1.82, 2.24) is 0 Å². The molecule has 0 aromatic carbocycles. The molecule has 0 aliphatic rings. The van der Waals surface area contributed by atoms with E-state index in [4.69, 9.17) is 4.91 Å². The molecule has 0 bridgehead atoms. The number of hydrogen-bond acceptors (Lipinski definition) is 1. The summed E-state index contributed by atoms with van der Waals surface area (Å²) in [7, 11) is 0. The van der Waals surface area contributed by atoms with E-state index in [1.165, 1.54) is 0 Å². The predicted octanol–water partition coefficient (Wildman–Crippen LogP) is 4.39. The molecule has 0 saturated carbocycles. The second kappa shape index (κ2) is 4.78. The summed E-state index contributed by atoms with van der Waals surface area (Å²) in [6, 6.07) is 0. The maximum atomic E-state index is 9.93. The van der Waals surface area contributed by atoms with Crippen LogP contribution in [0.3, 0.4) is 0 Å². The van der Waals surface area contributed by atoms with Gasteiger partial charge in [-0.25, -0.2) is 0 Å². The van der Waals surface area contributed by atoms with E-state index >= 15 is 0 Å². The Bertz CT molecular complexity index is 227. The number of nitroso groups, excluding NO2 is 1. The van der Waals surface area contributed by atoms with Crippen molar-refractivity contribution in [2.24, 2.45) is 0 Å². The van der Waals surface area contributed by atoms with Crippen LogP contribution in [-0.4, -0.2) is 45.0 Å². The van der Waals surface area contributed by atoms with Gasteiger partial charge in [0.25, 0.3) is 0 Å². The summed E-state index contributed by atoms with van der Waals surface area (Å²) in [5.41, 5.74) is 0. The second-order valence-corrected chi connectivity index (χ2v) is 10.9. The van der Waals surface area contributed by atoms with Gasteiger partial charge in [-0.2, -0.15) is 0 Å². The minimum atomic E-state index is -11.2. The summed E-state index contributed by atoms with van der Waals surface area (Å²) >= 11 is -20.4. The van der Waals surface area contributed by atoms with Gasteiger partial charge >= 0.3 is 75.9 Å². The molecule has 0 aliphatic heterocycles. The van der Waals surface area contributed by atoms with Crippen LogP contribution in [0.4, 0.5) is 39.9 Å². The molecule has 0 rings (SSSR count). The summed E-state index contributed by atoms with van der Waals surface area (Å²) in [5.74, 6) is 0. The Morgan fingerprint density at radius 3 is 0.706 bits per heavy atom. The van der Waals surface area contributed by atoms with E-state index in [1.54, 1.807) is 0 Å². The zero-order chi connectivity index (χ0) is 15.4. The Morgan fingerprint density at radius 1 is 0.706 bits per heavy atom. The SMILES string of the molecule is O=[N+](F)F.[F][Sb-]([F])([F])([F])([F])[F].[F][Sb]([F])([F])([F])[F]. The molecule has 0 N–H and O–H groups in total. The molecule has 0 aliphatic carbocycles. The van der Waals surface area contributed by atoms with E-state index in [-0.39, 0.29) is 0 Å². The molecule has 0 aromatic heterocycles. The Labute approximate surface area is 89.8 Å². The van der Waals surface area contributed by atoms with Crippen molar-refractivity contribution in [2.45, 2.75) is 0 Å². The number of hydrogen-bond donors (Lipinski definition) is 0. The van der Waals surface area contributed by atoms with Crippen molar-refractivity contribution in [1.29, 1.82) is 0 Å². The van der Waals surface area contributed by atoms with Gasteiger partial charge in [0.15, 0.2) is 8.96 Å². The Hall–Kier alpha value is 0.326. The van der Waals surface area contributed by atoms with Crippen molar-refractivity contribution < 1.29 is 45.1 Å². The molecular weight excluding hydrogens is 520 g/mol. The first-order valence-corrected chi connectivity index (χ1v) is 13.0. The van der Waals surface area contributed by atoms with Crippen LogP contribution in [0.25, 0.3) is 0 Å². The van der Waals surface area contributed by atoms with Gasteiger partial charge in [0.05, 0.1) is 0 Å². The molecule has 112 valence electrons. The van der Waals surface area contributed by atoms with Crippen molar-refractivity contribution in [3.8, 4) is 0 Å².